The number of carbonyl (C=O) groups excluding carboxylic acids is 2. The fourth-order valence-corrected chi connectivity index (χ4v) is 1.54. The van der Waals surface area contributed by atoms with Crippen molar-refractivity contribution in [3.63, 3.8) is 0 Å². The number of carbonyl (C=O) groups is 2. The van der Waals surface area contributed by atoms with Crippen LogP contribution in [0.15, 0.2) is 24.3 Å². The van der Waals surface area contributed by atoms with Gasteiger partial charge in [-0.05, 0) is 11.1 Å². The van der Waals surface area contributed by atoms with E-state index in [1.165, 1.54) is 0 Å². The molecule has 104 valence electrons. The van der Waals surface area contributed by atoms with Gasteiger partial charge in [0.25, 0.3) is 0 Å². The summed E-state index contributed by atoms with van der Waals surface area (Å²) in [4.78, 5) is 22.3. The molecule has 0 aromatic heterocycles. The van der Waals surface area contributed by atoms with E-state index in [9.17, 15) is 19.8 Å². The van der Waals surface area contributed by atoms with Crippen LogP contribution in [0.5, 0.6) is 0 Å². The minimum atomic E-state index is -1.63. The maximum atomic E-state index is 11.2. The van der Waals surface area contributed by atoms with Gasteiger partial charge in [0.2, 0.25) is 5.91 Å². The second kappa shape index (κ2) is 6.86. The van der Waals surface area contributed by atoms with Crippen molar-refractivity contribution >= 4 is 11.9 Å². The van der Waals surface area contributed by atoms with E-state index in [0.717, 1.165) is 12.7 Å². The number of nitrogens with one attached hydrogen (secondary N) is 1. The summed E-state index contributed by atoms with van der Waals surface area (Å²) in [5, 5.41) is 21.8. The molecule has 0 aliphatic rings. The third-order valence-corrected chi connectivity index (χ3v) is 2.71. The fraction of sp³-hybridized carbons (Fsp3) is 0.385. The van der Waals surface area contributed by atoms with Crippen molar-refractivity contribution < 1.29 is 24.5 Å². The van der Waals surface area contributed by atoms with E-state index in [4.69, 9.17) is 0 Å². The second-order valence-electron chi connectivity index (χ2n) is 4.00. The van der Waals surface area contributed by atoms with Gasteiger partial charge in [-0.15, -0.1) is 0 Å². The number of esters is 1. The molecule has 0 spiro atoms. The van der Waals surface area contributed by atoms with Gasteiger partial charge in [-0.1, -0.05) is 24.3 Å². The first-order chi connectivity index (χ1) is 8.99. The van der Waals surface area contributed by atoms with Gasteiger partial charge >= 0.3 is 5.97 Å². The van der Waals surface area contributed by atoms with Crippen molar-refractivity contribution in [3.8, 4) is 0 Å². The average Bonchev–Trinajstić information content (AvgIpc) is 2.45. The van der Waals surface area contributed by atoms with Crippen LogP contribution in [0.3, 0.4) is 0 Å². The quantitative estimate of drug-likeness (QED) is 0.628. The molecule has 6 nitrogen and oxygen atoms in total. The number of hydrogen-bond donors (Lipinski definition) is 3. The van der Waals surface area contributed by atoms with Crippen LogP contribution in [-0.2, 0) is 20.7 Å². The molecule has 0 heterocycles. The molecule has 1 aromatic rings. The SMILES string of the molecule is CNC(=O)Cc1ccc(C(O)C(O)C(=O)OC)cc1. The summed E-state index contributed by atoms with van der Waals surface area (Å²) in [5.74, 6) is -1.02. The summed E-state index contributed by atoms with van der Waals surface area (Å²) in [6.45, 7) is 0. The molecule has 0 saturated heterocycles. The van der Waals surface area contributed by atoms with Gasteiger partial charge in [0.15, 0.2) is 6.10 Å². The van der Waals surface area contributed by atoms with Gasteiger partial charge in [-0.25, -0.2) is 4.79 Å². The van der Waals surface area contributed by atoms with E-state index in [1.54, 1.807) is 31.3 Å². The number of amides is 1. The molecule has 1 rings (SSSR count). The monoisotopic (exact) mass is 267 g/mol. The van der Waals surface area contributed by atoms with Crippen LogP contribution in [0.25, 0.3) is 0 Å². The zero-order chi connectivity index (χ0) is 14.4. The largest absolute Gasteiger partial charge is 0.467 e. The van der Waals surface area contributed by atoms with Crippen molar-refractivity contribution in [3.05, 3.63) is 35.4 Å². The van der Waals surface area contributed by atoms with Gasteiger partial charge in [-0.2, -0.15) is 0 Å². The van der Waals surface area contributed by atoms with E-state index >= 15 is 0 Å². The molecule has 1 aromatic carbocycles. The Morgan fingerprint density at radius 2 is 1.84 bits per heavy atom. The molecule has 1 amide bonds. The number of aliphatic hydroxyl groups excluding tert-OH is 2. The van der Waals surface area contributed by atoms with Crippen LogP contribution in [0.1, 0.15) is 17.2 Å². The molecule has 2 unspecified atom stereocenters. The van der Waals surface area contributed by atoms with Crippen LogP contribution in [0.4, 0.5) is 0 Å². The molecule has 19 heavy (non-hydrogen) atoms. The van der Waals surface area contributed by atoms with Crippen molar-refractivity contribution in [2.45, 2.75) is 18.6 Å². The maximum Gasteiger partial charge on any atom is 0.337 e. The minimum Gasteiger partial charge on any atom is -0.467 e. The Bertz CT molecular complexity index is 443. The summed E-state index contributed by atoms with van der Waals surface area (Å²) in [5.41, 5.74) is 1.14. The topological polar surface area (TPSA) is 95.9 Å². The molecular weight excluding hydrogens is 250 g/mol. The number of methoxy groups -OCH3 is 1. The third-order valence-electron chi connectivity index (χ3n) is 2.71. The van der Waals surface area contributed by atoms with E-state index in [2.05, 4.69) is 10.1 Å². The van der Waals surface area contributed by atoms with E-state index in [1.807, 2.05) is 0 Å². The summed E-state index contributed by atoms with van der Waals surface area (Å²) in [6.07, 6.45) is -2.76. The van der Waals surface area contributed by atoms with E-state index in [-0.39, 0.29) is 12.3 Å². The summed E-state index contributed by atoms with van der Waals surface area (Å²) >= 11 is 0. The van der Waals surface area contributed by atoms with Gasteiger partial charge in [0, 0.05) is 7.05 Å². The number of rotatable bonds is 5. The predicted molar refractivity (Wildman–Crippen MR) is 67.2 cm³/mol. The lowest BCUT2D eigenvalue weighted by Gasteiger charge is -2.16. The van der Waals surface area contributed by atoms with Crippen molar-refractivity contribution in [1.82, 2.24) is 5.32 Å². The highest BCUT2D eigenvalue weighted by Gasteiger charge is 2.26. The third kappa shape index (κ3) is 4.04. The highest BCUT2D eigenvalue weighted by molar-refractivity contribution is 5.78. The van der Waals surface area contributed by atoms with Crippen molar-refractivity contribution in [1.29, 1.82) is 0 Å². The zero-order valence-electron chi connectivity index (χ0n) is 10.8. The molecule has 0 fully saturated rings. The number of aliphatic hydroxyl groups is 2. The van der Waals surface area contributed by atoms with Gasteiger partial charge in [0.05, 0.1) is 13.5 Å². The fourth-order valence-electron chi connectivity index (χ4n) is 1.54. The first-order valence-electron chi connectivity index (χ1n) is 5.73. The molecule has 3 N–H and O–H groups in total. The highest BCUT2D eigenvalue weighted by atomic mass is 16.5. The van der Waals surface area contributed by atoms with E-state index in [0.29, 0.717) is 5.56 Å². The highest BCUT2D eigenvalue weighted by Crippen LogP contribution is 2.18. The molecule has 0 aliphatic carbocycles. The lowest BCUT2D eigenvalue weighted by molar-refractivity contribution is -0.156. The van der Waals surface area contributed by atoms with Gasteiger partial charge < -0.3 is 20.3 Å². The van der Waals surface area contributed by atoms with E-state index < -0.39 is 18.2 Å². The maximum absolute atomic E-state index is 11.2. The van der Waals surface area contributed by atoms with Crippen LogP contribution in [0.2, 0.25) is 0 Å². The molecule has 0 radical (unpaired) electrons. The summed E-state index contributed by atoms with van der Waals surface area (Å²) < 4.78 is 4.34. The van der Waals surface area contributed by atoms with Crippen LogP contribution in [0, 0.1) is 0 Å². The lowest BCUT2D eigenvalue weighted by Crippen LogP contribution is -2.29. The standard InChI is InChI=1S/C13H17NO5/c1-14-10(15)7-8-3-5-9(6-4-8)11(16)12(17)13(18)19-2/h3-6,11-12,16-17H,7H2,1-2H3,(H,14,15). The smallest absolute Gasteiger partial charge is 0.337 e. The Kier molecular flexibility index (Phi) is 5.47. The number of likely N-dealkylation sites (N-methyl/N-ethyl adjacent to an activating group) is 1. The summed E-state index contributed by atoms with van der Waals surface area (Å²) in [7, 11) is 2.68. The number of ether oxygens (including phenoxy) is 1. The zero-order valence-corrected chi connectivity index (χ0v) is 10.8. The van der Waals surface area contributed by atoms with Crippen LogP contribution < -0.4 is 5.32 Å². The normalized spacial score (nSPS) is 13.5. The first kappa shape index (κ1) is 15.1. The molecule has 0 saturated carbocycles. The Balaban J connectivity index is 2.75. The Morgan fingerprint density at radius 1 is 1.26 bits per heavy atom. The Labute approximate surface area is 111 Å². The Hall–Kier alpha value is -1.92. The first-order valence-corrected chi connectivity index (χ1v) is 5.73. The van der Waals surface area contributed by atoms with Crippen molar-refractivity contribution in [2.75, 3.05) is 14.2 Å². The van der Waals surface area contributed by atoms with Crippen molar-refractivity contribution in [2.24, 2.45) is 0 Å². The van der Waals surface area contributed by atoms with Crippen LogP contribution >= 0.6 is 0 Å². The summed E-state index contributed by atoms with van der Waals surface area (Å²) in [6, 6.07) is 6.40. The lowest BCUT2D eigenvalue weighted by atomic mass is 10.0. The second-order valence-corrected chi connectivity index (χ2v) is 4.00. The predicted octanol–water partition coefficient (Wildman–Crippen LogP) is -0.458. The Morgan fingerprint density at radius 3 is 2.32 bits per heavy atom. The minimum absolute atomic E-state index is 0.122. The molecule has 0 aliphatic heterocycles. The molecular formula is C13H17NO5. The van der Waals surface area contributed by atoms with Gasteiger partial charge in [0.1, 0.15) is 6.10 Å². The molecule has 0 bridgehead atoms. The average molecular weight is 267 g/mol. The number of hydrogen-bond acceptors (Lipinski definition) is 5. The number of benzene rings is 1. The molecule has 6 heteroatoms. The van der Waals surface area contributed by atoms with Gasteiger partial charge in [-0.3, -0.25) is 4.79 Å². The molecule has 2 atom stereocenters. The van der Waals surface area contributed by atoms with Crippen LogP contribution in [-0.4, -0.2) is 42.4 Å².